The summed E-state index contributed by atoms with van der Waals surface area (Å²) in [4.78, 5) is 28.7. The molecule has 144 valence electrons. The maximum Gasteiger partial charge on any atom is 0.263 e. The number of carbonyl (C=O) groups is 2. The Morgan fingerprint density at radius 3 is 2.04 bits per heavy atom. The van der Waals surface area contributed by atoms with Crippen LogP contribution in [0, 0.1) is 12.3 Å². The SMILES string of the molecule is Cc1ccccc1OC(C)C(=O)N1CCN(C(=O)[C@@H](N)C(C)(C)C)CC1. The van der Waals surface area contributed by atoms with Crippen LogP contribution >= 0.6 is 0 Å². The molecule has 1 fully saturated rings. The van der Waals surface area contributed by atoms with Gasteiger partial charge in [0.25, 0.3) is 5.91 Å². The van der Waals surface area contributed by atoms with E-state index < -0.39 is 12.1 Å². The number of hydrogen-bond acceptors (Lipinski definition) is 4. The Morgan fingerprint density at radius 2 is 1.54 bits per heavy atom. The molecule has 2 rings (SSSR count). The fourth-order valence-corrected chi connectivity index (χ4v) is 2.90. The largest absolute Gasteiger partial charge is 0.481 e. The van der Waals surface area contributed by atoms with Gasteiger partial charge in [0.15, 0.2) is 6.10 Å². The molecular weight excluding hydrogens is 330 g/mol. The highest BCUT2D eigenvalue weighted by Gasteiger charge is 2.34. The summed E-state index contributed by atoms with van der Waals surface area (Å²) in [5.74, 6) is 0.618. The van der Waals surface area contributed by atoms with Crippen molar-refractivity contribution in [3.05, 3.63) is 29.8 Å². The van der Waals surface area contributed by atoms with E-state index in [9.17, 15) is 9.59 Å². The molecule has 1 unspecified atom stereocenters. The van der Waals surface area contributed by atoms with Crippen LogP contribution in [-0.4, -0.2) is 59.9 Å². The Morgan fingerprint density at radius 1 is 1.04 bits per heavy atom. The van der Waals surface area contributed by atoms with Gasteiger partial charge in [0.1, 0.15) is 5.75 Å². The van der Waals surface area contributed by atoms with Crippen molar-refractivity contribution in [1.29, 1.82) is 0 Å². The van der Waals surface area contributed by atoms with Crippen molar-refractivity contribution in [2.75, 3.05) is 26.2 Å². The van der Waals surface area contributed by atoms with Gasteiger partial charge >= 0.3 is 0 Å². The summed E-state index contributed by atoms with van der Waals surface area (Å²) in [6.45, 7) is 11.6. The first-order valence-electron chi connectivity index (χ1n) is 9.16. The van der Waals surface area contributed by atoms with E-state index in [2.05, 4.69) is 0 Å². The minimum Gasteiger partial charge on any atom is -0.481 e. The van der Waals surface area contributed by atoms with Crippen LogP contribution in [-0.2, 0) is 9.59 Å². The molecule has 1 aromatic carbocycles. The van der Waals surface area contributed by atoms with E-state index in [0.717, 1.165) is 11.3 Å². The Kier molecular flexibility index (Phi) is 6.29. The minimum absolute atomic E-state index is 0.0474. The fourth-order valence-electron chi connectivity index (χ4n) is 2.90. The minimum atomic E-state index is -0.560. The Balaban J connectivity index is 1.90. The number of ether oxygens (including phenoxy) is 1. The van der Waals surface area contributed by atoms with Gasteiger partial charge in [-0.3, -0.25) is 9.59 Å². The molecule has 0 aliphatic carbocycles. The van der Waals surface area contributed by atoms with Crippen molar-refractivity contribution in [2.24, 2.45) is 11.1 Å². The van der Waals surface area contributed by atoms with Crippen LogP contribution in [0.5, 0.6) is 5.75 Å². The number of para-hydroxylation sites is 1. The van der Waals surface area contributed by atoms with Crippen LogP contribution in [0.4, 0.5) is 0 Å². The monoisotopic (exact) mass is 361 g/mol. The summed E-state index contributed by atoms with van der Waals surface area (Å²) < 4.78 is 5.83. The molecule has 0 spiro atoms. The molecule has 1 aliphatic heterocycles. The van der Waals surface area contributed by atoms with E-state index in [1.807, 2.05) is 52.0 Å². The van der Waals surface area contributed by atoms with E-state index >= 15 is 0 Å². The lowest BCUT2D eigenvalue weighted by Crippen LogP contribution is -2.58. The van der Waals surface area contributed by atoms with Gasteiger partial charge in [-0.1, -0.05) is 39.0 Å². The lowest BCUT2D eigenvalue weighted by molar-refractivity contribution is -0.145. The zero-order valence-electron chi connectivity index (χ0n) is 16.5. The maximum atomic E-state index is 12.7. The molecule has 6 heteroatoms. The lowest BCUT2D eigenvalue weighted by atomic mass is 9.86. The second-order valence-electron chi connectivity index (χ2n) is 8.02. The molecule has 2 amide bonds. The average molecular weight is 361 g/mol. The Labute approximate surface area is 156 Å². The first-order chi connectivity index (χ1) is 12.1. The third-order valence-corrected chi connectivity index (χ3v) is 4.85. The summed E-state index contributed by atoms with van der Waals surface area (Å²) in [5.41, 5.74) is 6.80. The van der Waals surface area contributed by atoms with Gasteiger partial charge in [-0.05, 0) is 30.9 Å². The topological polar surface area (TPSA) is 75.9 Å². The molecular formula is C20H31N3O3. The number of piperazine rings is 1. The second-order valence-corrected chi connectivity index (χ2v) is 8.02. The van der Waals surface area contributed by atoms with Crippen molar-refractivity contribution >= 4 is 11.8 Å². The van der Waals surface area contributed by atoms with Gasteiger partial charge in [0.2, 0.25) is 5.91 Å². The van der Waals surface area contributed by atoms with E-state index in [1.165, 1.54) is 0 Å². The molecule has 6 nitrogen and oxygen atoms in total. The van der Waals surface area contributed by atoms with Crippen LogP contribution < -0.4 is 10.5 Å². The number of rotatable bonds is 4. The second kappa shape index (κ2) is 8.08. The number of nitrogens with zero attached hydrogens (tertiary/aromatic N) is 2. The van der Waals surface area contributed by atoms with E-state index in [1.54, 1.807) is 16.7 Å². The molecule has 2 atom stereocenters. The van der Waals surface area contributed by atoms with Gasteiger partial charge in [-0.2, -0.15) is 0 Å². The molecule has 1 aliphatic rings. The number of benzene rings is 1. The smallest absolute Gasteiger partial charge is 0.263 e. The fraction of sp³-hybridized carbons (Fsp3) is 0.600. The Bertz CT molecular complexity index is 646. The third kappa shape index (κ3) is 4.75. The normalized spacial score (nSPS) is 17.6. The molecule has 26 heavy (non-hydrogen) atoms. The highest BCUT2D eigenvalue weighted by atomic mass is 16.5. The zero-order chi connectivity index (χ0) is 19.5. The molecule has 0 saturated carbocycles. The average Bonchev–Trinajstić information content (AvgIpc) is 2.61. The predicted molar refractivity (Wildman–Crippen MR) is 102 cm³/mol. The van der Waals surface area contributed by atoms with Crippen molar-refractivity contribution < 1.29 is 14.3 Å². The summed E-state index contributed by atoms with van der Waals surface area (Å²) in [7, 11) is 0. The van der Waals surface area contributed by atoms with Crippen LogP contribution in [0.25, 0.3) is 0 Å². The highest BCUT2D eigenvalue weighted by molar-refractivity contribution is 5.84. The molecule has 2 N–H and O–H groups in total. The molecule has 1 saturated heterocycles. The predicted octanol–water partition coefficient (Wildman–Crippen LogP) is 1.81. The van der Waals surface area contributed by atoms with Crippen LogP contribution in [0.2, 0.25) is 0 Å². The quantitative estimate of drug-likeness (QED) is 0.887. The van der Waals surface area contributed by atoms with Crippen LogP contribution in [0.3, 0.4) is 0 Å². The summed E-state index contributed by atoms with van der Waals surface area (Å²) in [6, 6.07) is 7.11. The number of aryl methyl sites for hydroxylation is 1. The van der Waals surface area contributed by atoms with Gasteiger partial charge in [0, 0.05) is 26.2 Å². The van der Waals surface area contributed by atoms with E-state index in [4.69, 9.17) is 10.5 Å². The summed E-state index contributed by atoms with van der Waals surface area (Å²) in [5, 5.41) is 0. The van der Waals surface area contributed by atoms with E-state index in [0.29, 0.717) is 26.2 Å². The van der Waals surface area contributed by atoms with Crippen molar-refractivity contribution in [3.8, 4) is 5.75 Å². The first kappa shape index (κ1) is 20.2. The molecule has 1 heterocycles. The van der Waals surface area contributed by atoms with Gasteiger partial charge in [-0.15, -0.1) is 0 Å². The summed E-state index contributed by atoms with van der Waals surface area (Å²) >= 11 is 0. The maximum absolute atomic E-state index is 12.7. The standard InChI is InChI=1S/C20H31N3O3/c1-14-8-6-7-9-16(14)26-15(2)18(24)22-10-12-23(13-11-22)19(25)17(21)20(3,4)5/h6-9,15,17H,10-13,21H2,1-5H3/t15?,17-/m1/s1. The third-order valence-electron chi connectivity index (χ3n) is 4.85. The molecule has 0 radical (unpaired) electrons. The van der Waals surface area contributed by atoms with Crippen LogP contribution in [0.15, 0.2) is 24.3 Å². The number of hydrogen-bond donors (Lipinski definition) is 1. The van der Waals surface area contributed by atoms with Gasteiger partial charge < -0.3 is 20.3 Å². The van der Waals surface area contributed by atoms with Crippen LogP contribution in [0.1, 0.15) is 33.3 Å². The lowest BCUT2D eigenvalue weighted by Gasteiger charge is -2.38. The highest BCUT2D eigenvalue weighted by Crippen LogP contribution is 2.21. The van der Waals surface area contributed by atoms with E-state index in [-0.39, 0.29) is 17.2 Å². The van der Waals surface area contributed by atoms with Gasteiger partial charge in [0.05, 0.1) is 6.04 Å². The Hall–Kier alpha value is -2.08. The molecule has 0 bridgehead atoms. The van der Waals surface area contributed by atoms with Gasteiger partial charge in [-0.25, -0.2) is 0 Å². The van der Waals surface area contributed by atoms with Crippen molar-refractivity contribution in [3.63, 3.8) is 0 Å². The molecule has 1 aromatic rings. The first-order valence-corrected chi connectivity index (χ1v) is 9.16. The zero-order valence-corrected chi connectivity index (χ0v) is 16.5. The number of amides is 2. The molecule has 0 aromatic heterocycles. The van der Waals surface area contributed by atoms with Crippen molar-refractivity contribution in [1.82, 2.24) is 9.80 Å². The number of nitrogens with two attached hydrogens (primary N) is 1. The van der Waals surface area contributed by atoms with Crippen molar-refractivity contribution in [2.45, 2.75) is 46.8 Å². The summed E-state index contributed by atoms with van der Waals surface area (Å²) in [6.07, 6.45) is -0.560. The number of carbonyl (C=O) groups excluding carboxylic acids is 2.